The van der Waals surface area contributed by atoms with Gasteiger partial charge in [-0.25, -0.2) is 4.79 Å². The molecule has 39 heavy (non-hydrogen) atoms. The van der Waals surface area contributed by atoms with Crippen molar-refractivity contribution < 1.29 is 47.5 Å². The summed E-state index contributed by atoms with van der Waals surface area (Å²) in [6, 6.07) is 3.62. The fraction of sp³-hybridized carbons (Fsp3) is 0.448. The maximum absolute atomic E-state index is 13.1. The largest absolute Gasteiger partial charge is 0.492 e. The van der Waals surface area contributed by atoms with Crippen molar-refractivity contribution in [1.82, 2.24) is 0 Å². The van der Waals surface area contributed by atoms with Crippen LogP contribution in [0.4, 0.5) is 0 Å². The van der Waals surface area contributed by atoms with Crippen LogP contribution in [0.3, 0.4) is 0 Å². The van der Waals surface area contributed by atoms with E-state index in [1.807, 2.05) is 19.9 Å². The Kier molecular flexibility index (Phi) is 6.96. The zero-order chi connectivity index (χ0) is 28.0. The van der Waals surface area contributed by atoms with Crippen LogP contribution in [0.1, 0.15) is 58.0 Å². The van der Waals surface area contributed by atoms with Gasteiger partial charge in [0.15, 0.2) is 23.0 Å². The maximum atomic E-state index is 13.1. The van der Waals surface area contributed by atoms with E-state index in [4.69, 9.17) is 37.9 Å². The van der Waals surface area contributed by atoms with Crippen LogP contribution < -0.4 is 28.4 Å². The van der Waals surface area contributed by atoms with Crippen molar-refractivity contribution in [2.75, 3.05) is 27.8 Å². The van der Waals surface area contributed by atoms with Crippen LogP contribution >= 0.6 is 0 Å². The second-order valence-electron chi connectivity index (χ2n) is 9.76. The molecule has 2 aromatic carbocycles. The molecule has 0 N–H and O–H groups in total. The Morgan fingerprint density at radius 3 is 1.67 bits per heavy atom. The highest BCUT2D eigenvalue weighted by Crippen LogP contribution is 2.61. The molecule has 5 rings (SSSR count). The predicted octanol–water partition coefficient (Wildman–Crippen LogP) is 5.27. The summed E-state index contributed by atoms with van der Waals surface area (Å²) in [6.45, 7) is 8.76. The molecular weight excluding hydrogens is 508 g/mol. The fourth-order valence-corrected chi connectivity index (χ4v) is 5.38. The van der Waals surface area contributed by atoms with Gasteiger partial charge in [0.05, 0.1) is 14.2 Å². The van der Waals surface area contributed by atoms with Crippen LogP contribution in [-0.2, 0) is 19.1 Å². The smallest absolute Gasteiger partial charge is 0.333 e. The number of esters is 2. The highest BCUT2D eigenvalue weighted by atomic mass is 16.7. The zero-order valence-electron chi connectivity index (χ0n) is 23.0. The number of allylic oxidation sites excluding steroid dienone is 1. The minimum atomic E-state index is -0.776. The minimum Gasteiger partial charge on any atom is -0.492 e. The van der Waals surface area contributed by atoms with Gasteiger partial charge in [0.2, 0.25) is 25.1 Å². The Labute approximate surface area is 226 Å². The molecule has 10 heteroatoms. The molecule has 2 aromatic rings. The average Bonchev–Trinajstić information content (AvgIpc) is 3.60. The normalized spacial score (nSPS) is 22.7. The molecule has 10 nitrogen and oxygen atoms in total. The summed E-state index contributed by atoms with van der Waals surface area (Å²) in [5.74, 6) is 0.915. The van der Waals surface area contributed by atoms with E-state index < -0.39 is 24.1 Å². The first kappa shape index (κ1) is 26.5. The topological polar surface area (TPSA) is 108 Å². The number of benzene rings is 2. The van der Waals surface area contributed by atoms with Crippen molar-refractivity contribution in [2.45, 2.75) is 46.8 Å². The molecule has 4 atom stereocenters. The lowest BCUT2D eigenvalue weighted by Crippen LogP contribution is -2.31. The molecule has 0 aromatic heterocycles. The zero-order valence-corrected chi connectivity index (χ0v) is 23.0. The van der Waals surface area contributed by atoms with E-state index in [0.29, 0.717) is 62.3 Å². The van der Waals surface area contributed by atoms with Gasteiger partial charge in [-0.15, -0.1) is 0 Å². The number of carbonyl (C=O) groups excluding carboxylic acids is 2. The van der Waals surface area contributed by atoms with Crippen LogP contribution in [0, 0.1) is 11.8 Å². The summed E-state index contributed by atoms with van der Waals surface area (Å²) in [5, 5.41) is 0. The molecule has 3 aliphatic rings. The lowest BCUT2D eigenvalue weighted by Gasteiger charge is -2.38. The lowest BCUT2D eigenvalue weighted by atomic mass is 9.74. The van der Waals surface area contributed by atoms with Crippen molar-refractivity contribution in [3.8, 4) is 45.6 Å². The second-order valence-corrected chi connectivity index (χ2v) is 9.76. The molecule has 0 fully saturated rings. The third kappa shape index (κ3) is 4.27. The third-order valence-electron chi connectivity index (χ3n) is 7.64. The first-order valence-electron chi connectivity index (χ1n) is 12.7. The Balaban J connectivity index is 1.91. The molecular formula is C29H32O10. The van der Waals surface area contributed by atoms with Gasteiger partial charge in [-0.05, 0) is 26.0 Å². The SMILES string of the molecule is C/C=C(/C)C(=O)O[C@H]1c2cc3c(c(OC)c2-c2c(cc4c(c2OC)OCO4)[C@H](OC(C)=O)[C@H](C)[C@@H]1C)OCO3. The second kappa shape index (κ2) is 10.2. The standard InChI is InChI=1S/C29H32O10/c1-8-13(2)29(31)39-24-15(4)14(3)23(38-16(5)30)17-9-19-25(36-11-34-19)27(32-6)21(17)22-18(24)10-20-26(28(22)33-7)37-12-35-20/h8-10,14-15,23-24H,11-12H2,1-7H3/b13-8-/t14-,15+,23-,24-/m1/s1. The maximum Gasteiger partial charge on any atom is 0.333 e. The summed E-state index contributed by atoms with van der Waals surface area (Å²) in [4.78, 5) is 25.6. The quantitative estimate of drug-likeness (QED) is 0.368. The van der Waals surface area contributed by atoms with Gasteiger partial charge in [-0.3, -0.25) is 4.79 Å². The van der Waals surface area contributed by atoms with E-state index in [2.05, 4.69) is 0 Å². The van der Waals surface area contributed by atoms with Crippen molar-refractivity contribution in [2.24, 2.45) is 11.8 Å². The van der Waals surface area contributed by atoms with Gasteiger partial charge in [-0.2, -0.15) is 0 Å². The van der Waals surface area contributed by atoms with Crippen LogP contribution in [0.2, 0.25) is 0 Å². The van der Waals surface area contributed by atoms with Gasteiger partial charge >= 0.3 is 11.9 Å². The number of hydrogen-bond acceptors (Lipinski definition) is 10. The molecule has 1 aliphatic carbocycles. The van der Waals surface area contributed by atoms with Gasteiger partial charge in [0, 0.05) is 46.6 Å². The van der Waals surface area contributed by atoms with E-state index in [9.17, 15) is 9.59 Å². The molecule has 0 amide bonds. The predicted molar refractivity (Wildman–Crippen MR) is 138 cm³/mol. The van der Waals surface area contributed by atoms with E-state index in [-0.39, 0.29) is 25.4 Å². The van der Waals surface area contributed by atoms with Crippen molar-refractivity contribution >= 4 is 11.9 Å². The monoisotopic (exact) mass is 540 g/mol. The molecule has 208 valence electrons. The Morgan fingerprint density at radius 2 is 1.26 bits per heavy atom. The van der Waals surface area contributed by atoms with E-state index in [1.165, 1.54) is 21.1 Å². The molecule has 0 saturated heterocycles. The minimum absolute atomic E-state index is 0.00385. The number of carbonyl (C=O) groups is 2. The number of methoxy groups -OCH3 is 2. The summed E-state index contributed by atoms with van der Waals surface area (Å²) in [6.07, 6.45) is 0.173. The van der Waals surface area contributed by atoms with Crippen LogP contribution in [0.5, 0.6) is 34.5 Å². The Morgan fingerprint density at radius 1 is 0.795 bits per heavy atom. The number of rotatable bonds is 5. The molecule has 2 heterocycles. The first-order chi connectivity index (χ1) is 18.7. The summed E-state index contributed by atoms with van der Waals surface area (Å²) in [7, 11) is 3.05. The number of ether oxygens (including phenoxy) is 8. The highest BCUT2D eigenvalue weighted by Gasteiger charge is 2.45. The molecule has 2 aliphatic heterocycles. The van der Waals surface area contributed by atoms with Gasteiger partial charge in [0.1, 0.15) is 12.2 Å². The van der Waals surface area contributed by atoms with Crippen molar-refractivity contribution in [3.63, 3.8) is 0 Å². The molecule has 0 radical (unpaired) electrons. The average molecular weight is 541 g/mol. The lowest BCUT2D eigenvalue weighted by molar-refractivity contribution is -0.157. The van der Waals surface area contributed by atoms with Gasteiger partial charge < -0.3 is 37.9 Å². The van der Waals surface area contributed by atoms with Crippen LogP contribution in [-0.4, -0.2) is 39.7 Å². The first-order valence-corrected chi connectivity index (χ1v) is 12.7. The van der Waals surface area contributed by atoms with Gasteiger partial charge in [0.25, 0.3) is 0 Å². The van der Waals surface area contributed by atoms with Crippen molar-refractivity contribution in [1.29, 1.82) is 0 Å². The number of fused-ring (bicyclic) bond motifs is 5. The molecule has 0 saturated carbocycles. The van der Waals surface area contributed by atoms with E-state index in [0.717, 1.165) is 0 Å². The summed E-state index contributed by atoms with van der Waals surface area (Å²) >= 11 is 0. The Hall–Kier alpha value is -4.08. The fourth-order valence-electron chi connectivity index (χ4n) is 5.38. The summed E-state index contributed by atoms with van der Waals surface area (Å²) in [5.41, 5.74) is 2.84. The third-order valence-corrected chi connectivity index (χ3v) is 7.64. The molecule has 0 spiro atoms. The van der Waals surface area contributed by atoms with Crippen LogP contribution in [0.25, 0.3) is 11.1 Å². The Bertz CT molecular complexity index is 1360. The molecule has 0 unspecified atom stereocenters. The highest BCUT2D eigenvalue weighted by molar-refractivity contribution is 5.91. The van der Waals surface area contributed by atoms with Gasteiger partial charge in [-0.1, -0.05) is 19.9 Å². The van der Waals surface area contributed by atoms with Crippen molar-refractivity contribution in [3.05, 3.63) is 34.9 Å². The molecule has 0 bridgehead atoms. The van der Waals surface area contributed by atoms with Crippen LogP contribution in [0.15, 0.2) is 23.8 Å². The van der Waals surface area contributed by atoms with E-state index in [1.54, 1.807) is 26.0 Å². The number of hydrogen-bond donors (Lipinski definition) is 0. The van der Waals surface area contributed by atoms with E-state index >= 15 is 0 Å². The summed E-state index contributed by atoms with van der Waals surface area (Å²) < 4.78 is 47.1.